The minimum absolute atomic E-state index is 0.293. The van der Waals surface area contributed by atoms with Gasteiger partial charge in [0.25, 0.3) is 5.91 Å². The summed E-state index contributed by atoms with van der Waals surface area (Å²) in [5, 5.41) is 4.00. The van der Waals surface area contributed by atoms with Crippen LogP contribution in [-0.4, -0.2) is 30.8 Å². The lowest BCUT2D eigenvalue weighted by atomic mass is 10.2. The summed E-state index contributed by atoms with van der Waals surface area (Å²) in [6.45, 7) is 4.25. The summed E-state index contributed by atoms with van der Waals surface area (Å²) in [6.07, 6.45) is 1.53. The second-order valence-electron chi connectivity index (χ2n) is 7.39. The summed E-state index contributed by atoms with van der Waals surface area (Å²) in [4.78, 5) is 25.0. The van der Waals surface area contributed by atoms with Crippen LogP contribution < -0.4 is 19.6 Å². The Morgan fingerprint density at radius 2 is 1.63 bits per heavy atom. The predicted molar refractivity (Wildman–Crippen MR) is 141 cm³/mol. The Morgan fingerprint density at radius 1 is 0.971 bits per heavy atom. The number of ether oxygens (including phenoxy) is 3. The highest BCUT2D eigenvalue weighted by Crippen LogP contribution is 2.23. The molecule has 0 unspecified atom stereocenters. The van der Waals surface area contributed by atoms with Gasteiger partial charge in [0.2, 0.25) is 0 Å². The van der Waals surface area contributed by atoms with Gasteiger partial charge in [-0.3, -0.25) is 4.79 Å². The van der Waals surface area contributed by atoms with Gasteiger partial charge in [-0.2, -0.15) is 5.10 Å². The number of hydrazone groups is 1. The maximum absolute atomic E-state index is 12.6. The van der Waals surface area contributed by atoms with Crippen molar-refractivity contribution >= 4 is 50.0 Å². The summed E-state index contributed by atoms with van der Waals surface area (Å²) in [6, 6.07) is 19.0. The van der Waals surface area contributed by atoms with Crippen LogP contribution in [0.2, 0.25) is 0 Å². The van der Waals surface area contributed by atoms with Crippen LogP contribution in [-0.2, 0) is 4.79 Å². The Morgan fingerprint density at radius 3 is 2.31 bits per heavy atom. The highest BCUT2D eigenvalue weighted by Gasteiger charge is 2.15. The maximum Gasteiger partial charge on any atom is 0.343 e. The smallest absolute Gasteiger partial charge is 0.343 e. The first-order valence-electron chi connectivity index (χ1n) is 10.9. The molecule has 3 rings (SSSR count). The number of nitrogens with zero attached hydrogens (tertiary/aromatic N) is 1. The predicted octanol–water partition coefficient (Wildman–Crippen LogP) is 6.14. The third-order valence-corrected chi connectivity index (χ3v) is 5.63. The molecule has 182 valence electrons. The Labute approximate surface area is 220 Å². The molecule has 3 aromatic rings. The molecule has 35 heavy (non-hydrogen) atoms. The second-order valence-corrected chi connectivity index (χ2v) is 9.22. The normalized spacial score (nSPS) is 11.7. The fourth-order valence-electron chi connectivity index (χ4n) is 2.81. The molecular weight excluding hydrogens is 580 g/mol. The average Bonchev–Trinajstić information content (AvgIpc) is 2.85. The molecule has 0 aliphatic rings. The second kappa shape index (κ2) is 13.1. The largest absolute Gasteiger partial charge is 0.494 e. The molecule has 0 bridgehead atoms. The molecule has 0 spiro atoms. The first kappa shape index (κ1) is 26.4. The van der Waals surface area contributed by atoms with Crippen molar-refractivity contribution in [1.82, 2.24) is 5.43 Å². The number of hydrogen-bond donors (Lipinski definition) is 1. The van der Waals surface area contributed by atoms with Crippen LogP contribution in [0.3, 0.4) is 0 Å². The van der Waals surface area contributed by atoms with Crippen LogP contribution in [0.1, 0.15) is 36.2 Å². The third-order valence-electron chi connectivity index (χ3n) is 4.61. The van der Waals surface area contributed by atoms with Gasteiger partial charge < -0.3 is 14.2 Å². The number of rotatable bonds is 10. The number of carbonyl (C=O) groups is 2. The molecule has 1 atom stereocenters. The Hall–Kier alpha value is -3.17. The third kappa shape index (κ3) is 8.22. The Balaban J connectivity index is 1.62. The van der Waals surface area contributed by atoms with E-state index in [4.69, 9.17) is 14.2 Å². The molecule has 0 radical (unpaired) electrons. The zero-order valence-electron chi connectivity index (χ0n) is 19.2. The van der Waals surface area contributed by atoms with Crippen molar-refractivity contribution < 1.29 is 23.8 Å². The van der Waals surface area contributed by atoms with Crippen molar-refractivity contribution in [2.24, 2.45) is 5.10 Å². The van der Waals surface area contributed by atoms with E-state index in [9.17, 15) is 9.59 Å². The molecule has 1 N–H and O–H groups in total. The zero-order valence-corrected chi connectivity index (χ0v) is 22.3. The van der Waals surface area contributed by atoms with E-state index < -0.39 is 18.0 Å². The van der Waals surface area contributed by atoms with E-state index in [2.05, 4.69) is 42.4 Å². The van der Waals surface area contributed by atoms with E-state index >= 15 is 0 Å². The minimum atomic E-state index is -0.766. The van der Waals surface area contributed by atoms with E-state index in [1.165, 1.54) is 6.21 Å². The molecule has 1 amide bonds. The molecule has 0 aliphatic heterocycles. The molecule has 0 saturated heterocycles. The number of nitrogens with one attached hydrogen (secondary N) is 1. The molecule has 0 fully saturated rings. The van der Waals surface area contributed by atoms with Crippen molar-refractivity contribution in [3.8, 4) is 17.2 Å². The number of amides is 1. The van der Waals surface area contributed by atoms with Gasteiger partial charge in [-0.05, 0) is 80.1 Å². The van der Waals surface area contributed by atoms with Crippen LogP contribution >= 0.6 is 31.9 Å². The SMILES string of the molecule is CCCOc1ccc(C(=O)Oc2ccc(Br)cc2/C=N\NC(=O)[C@H](C)Oc2ccc(Br)cc2)cc1. The molecule has 9 heteroatoms. The van der Waals surface area contributed by atoms with E-state index in [0.29, 0.717) is 35.0 Å². The van der Waals surface area contributed by atoms with Gasteiger partial charge in [-0.1, -0.05) is 38.8 Å². The fourth-order valence-corrected chi connectivity index (χ4v) is 3.45. The first-order chi connectivity index (χ1) is 16.9. The number of hydrogen-bond acceptors (Lipinski definition) is 6. The number of halogens is 2. The zero-order chi connectivity index (χ0) is 25.2. The van der Waals surface area contributed by atoms with Crippen LogP contribution in [0.25, 0.3) is 0 Å². The topological polar surface area (TPSA) is 86.2 Å². The van der Waals surface area contributed by atoms with Crippen molar-refractivity contribution in [2.45, 2.75) is 26.4 Å². The van der Waals surface area contributed by atoms with Crippen molar-refractivity contribution in [3.05, 3.63) is 86.8 Å². The quantitative estimate of drug-likeness (QED) is 0.130. The summed E-state index contributed by atoms with van der Waals surface area (Å²) in [5.41, 5.74) is 3.32. The summed E-state index contributed by atoms with van der Waals surface area (Å²) >= 11 is 6.75. The molecule has 7 nitrogen and oxygen atoms in total. The molecule has 0 aromatic heterocycles. The van der Waals surface area contributed by atoms with Gasteiger partial charge in [0, 0.05) is 14.5 Å². The number of esters is 1. The summed E-state index contributed by atoms with van der Waals surface area (Å²) in [5.74, 6) is 0.592. The molecule has 0 heterocycles. The molecular formula is C26H24Br2N2O5. The minimum Gasteiger partial charge on any atom is -0.494 e. The Bertz CT molecular complexity index is 1180. The van der Waals surface area contributed by atoms with Gasteiger partial charge in [0.05, 0.1) is 18.4 Å². The number of benzene rings is 3. The van der Waals surface area contributed by atoms with E-state index in [1.807, 2.05) is 19.1 Å². The molecule has 0 aliphatic carbocycles. The molecule has 3 aromatic carbocycles. The van der Waals surface area contributed by atoms with Crippen molar-refractivity contribution in [3.63, 3.8) is 0 Å². The monoisotopic (exact) mass is 602 g/mol. The lowest BCUT2D eigenvalue weighted by Crippen LogP contribution is -2.33. The van der Waals surface area contributed by atoms with Crippen molar-refractivity contribution in [2.75, 3.05) is 6.61 Å². The number of carbonyl (C=O) groups excluding carboxylic acids is 2. The van der Waals surface area contributed by atoms with Crippen LogP contribution in [0.15, 0.2) is 80.8 Å². The highest BCUT2D eigenvalue weighted by molar-refractivity contribution is 9.10. The lowest BCUT2D eigenvalue weighted by Gasteiger charge is -2.13. The standard InChI is InChI=1S/C26H24Br2N2O5/c1-3-14-33-22-9-4-18(5-10-22)26(32)35-24-13-8-21(28)15-19(24)16-29-30-25(31)17(2)34-23-11-6-20(27)7-12-23/h4-13,15-17H,3,14H2,1-2H3,(H,30,31)/b29-16-/t17-/m0/s1. The summed E-state index contributed by atoms with van der Waals surface area (Å²) in [7, 11) is 0. The first-order valence-corrected chi connectivity index (χ1v) is 12.4. The van der Waals surface area contributed by atoms with E-state index in [0.717, 1.165) is 15.4 Å². The van der Waals surface area contributed by atoms with Gasteiger partial charge in [0.15, 0.2) is 6.10 Å². The van der Waals surface area contributed by atoms with Gasteiger partial charge in [0.1, 0.15) is 17.2 Å². The van der Waals surface area contributed by atoms with Gasteiger partial charge in [-0.25, -0.2) is 10.2 Å². The Kier molecular flexibility index (Phi) is 9.86. The van der Waals surface area contributed by atoms with E-state index in [-0.39, 0.29) is 0 Å². The van der Waals surface area contributed by atoms with Crippen LogP contribution in [0, 0.1) is 0 Å². The van der Waals surface area contributed by atoms with Gasteiger partial charge >= 0.3 is 5.97 Å². The summed E-state index contributed by atoms with van der Waals surface area (Å²) < 4.78 is 18.4. The highest BCUT2D eigenvalue weighted by atomic mass is 79.9. The van der Waals surface area contributed by atoms with Gasteiger partial charge in [-0.15, -0.1) is 0 Å². The van der Waals surface area contributed by atoms with E-state index in [1.54, 1.807) is 61.5 Å². The lowest BCUT2D eigenvalue weighted by molar-refractivity contribution is -0.127. The fraction of sp³-hybridized carbons (Fsp3) is 0.192. The maximum atomic E-state index is 12.6. The van der Waals surface area contributed by atoms with Crippen LogP contribution in [0.5, 0.6) is 17.2 Å². The average molecular weight is 604 g/mol. The molecule has 0 saturated carbocycles. The van der Waals surface area contributed by atoms with Crippen molar-refractivity contribution in [1.29, 1.82) is 0 Å². The van der Waals surface area contributed by atoms with Crippen LogP contribution in [0.4, 0.5) is 0 Å².